The quantitative estimate of drug-likeness (QED) is 0.731. The van der Waals surface area contributed by atoms with Crippen molar-refractivity contribution in [2.45, 2.75) is 51.7 Å². The second-order valence-electron chi connectivity index (χ2n) is 6.14. The van der Waals surface area contributed by atoms with Crippen LogP contribution in [0.15, 0.2) is 24.3 Å². The van der Waals surface area contributed by atoms with Crippen LogP contribution in [0.1, 0.15) is 51.1 Å². The summed E-state index contributed by atoms with van der Waals surface area (Å²) >= 11 is 0. The third-order valence-corrected chi connectivity index (χ3v) is 4.71. The minimum absolute atomic E-state index is 0.250. The Morgan fingerprint density at radius 3 is 2.29 bits per heavy atom. The summed E-state index contributed by atoms with van der Waals surface area (Å²) in [7, 11) is 1.69. The number of rotatable bonds is 9. The first-order chi connectivity index (χ1) is 10.2. The molecule has 1 saturated carbocycles. The molecule has 1 aromatic carbocycles. The Hall–Kier alpha value is -1.06. The zero-order valence-corrected chi connectivity index (χ0v) is 13.5. The molecule has 0 radical (unpaired) electrons. The highest BCUT2D eigenvalue weighted by molar-refractivity contribution is 5.30. The number of methoxy groups -OCH3 is 1. The number of hydrogen-bond donors (Lipinski definition) is 2. The van der Waals surface area contributed by atoms with Gasteiger partial charge in [0.25, 0.3) is 0 Å². The standard InChI is InChI=1S/C18H29NO2/c1-4-13(5-2)17(20)12-19-18(14-6-7-14)15-8-10-16(21-3)11-9-15/h8-11,13-14,17-20H,4-7,12H2,1-3H3. The first-order valence-corrected chi connectivity index (χ1v) is 8.24. The monoisotopic (exact) mass is 291 g/mol. The van der Waals surface area contributed by atoms with E-state index in [2.05, 4.69) is 31.3 Å². The van der Waals surface area contributed by atoms with Gasteiger partial charge in [-0.25, -0.2) is 0 Å². The van der Waals surface area contributed by atoms with Crippen molar-refractivity contribution in [2.24, 2.45) is 11.8 Å². The van der Waals surface area contributed by atoms with Crippen molar-refractivity contribution in [2.75, 3.05) is 13.7 Å². The van der Waals surface area contributed by atoms with Crippen molar-refractivity contribution in [3.05, 3.63) is 29.8 Å². The highest BCUT2D eigenvalue weighted by atomic mass is 16.5. The van der Waals surface area contributed by atoms with Crippen LogP contribution in [0.2, 0.25) is 0 Å². The molecule has 0 heterocycles. The van der Waals surface area contributed by atoms with Crippen molar-refractivity contribution >= 4 is 0 Å². The Labute approximate surface area is 128 Å². The molecule has 3 heteroatoms. The molecule has 2 atom stereocenters. The highest BCUT2D eigenvalue weighted by Gasteiger charge is 2.32. The maximum atomic E-state index is 10.3. The molecule has 2 unspecified atom stereocenters. The SMILES string of the molecule is CCC(CC)C(O)CNC(c1ccc(OC)cc1)C1CC1. The Balaban J connectivity index is 1.96. The molecule has 2 N–H and O–H groups in total. The fraction of sp³-hybridized carbons (Fsp3) is 0.667. The van der Waals surface area contributed by atoms with Crippen LogP contribution in [0.25, 0.3) is 0 Å². The van der Waals surface area contributed by atoms with Gasteiger partial charge in [-0.1, -0.05) is 38.8 Å². The molecule has 118 valence electrons. The average Bonchev–Trinajstić information content (AvgIpc) is 3.34. The molecular formula is C18H29NO2. The van der Waals surface area contributed by atoms with E-state index in [1.807, 2.05) is 12.1 Å². The zero-order valence-electron chi connectivity index (χ0n) is 13.5. The van der Waals surface area contributed by atoms with Gasteiger partial charge in [-0.05, 0) is 42.4 Å². The van der Waals surface area contributed by atoms with Crippen LogP contribution < -0.4 is 10.1 Å². The number of hydrogen-bond acceptors (Lipinski definition) is 3. The lowest BCUT2D eigenvalue weighted by atomic mass is 9.95. The number of ether oxygens (including phenoxy) is 1. The van der Waals surface area contributed by atoms with Gasteiger partial charge < -0.3 is 15.2 Å². The summed E-state index contributed by atoms with van der Waals surface area (Å²) in [5.74, 6) is 2.01. The molecule has 1 aliphatic carbocycles. The molecule has 0 saturated heterocycles. The van der Waals surface area contributed by atoms with Crippen molar-refractivity contribution in [3.8, 4) is 5.75 Å². The summed E-state index contributed by atoms with van der Waals surface area (Å²) in [6, 6.07) is 8.67. The topological polar surface area (TPSA) is 41.5 Å². The van der Waals surface area contributed by atoms with E-state index >= 15 is 0 Å². The third-order valence-electron chi connectivity index (χ3n) is 4.71. The first-order valence-electron chi connectivity index (χ1n) is 8.24. The fourth-order valence-corrected chi connectivity index (χ4v) is 3.04. The largest absolute Gasteiger partial charge is 0.497 e. The zero-order chi connectivity index (χ0) is 15.2. The van der Waals surface area contributed by atoms with E-state index in [1.54, 1.807) is 7.11 Å². The molecule has 0 amide bonds. The maximum absolute atomic E-state index is 10.3. The lowest BCUT2D eigenvalue weighted by molar-refractivity contribution is 0.0973. The second kappa shape index (κ2) is 7.81. The van der Waals surface area contributed by atoms with Gasteiger partial charge in [0.15, 0.2) is 0 Å². The Bertz CT molecular complexity index is 410. The number of nitrogens with one attached hydrogen (secondary N) is 1. The van der Waals surface area contributed by atoms with Gasteiger partial charge in [0.2, 0.25) is 0 Å². The van der Waals surface area contributed by atoms with E-state index in [1.165, 1.54) is 18.4 Å². The summed E-state index contributed by atoms with van der Waals surface area (Å²) < 4.78 is 5.22. The fourth-order valence-electron chi connectivity index (χ4n) is 3.04. The van der Waals surface area contributed by atoms with E-state index in [0.29, 0.717) is 24.4 Å². The third kappa shape index (κ3) is 4.45. The average molecular weight is 291 g/mol. The van der Waals surface area contributed by atoms with Crippen LogP contribution in [0, 0.1) is 11.8 Å². The lowest BCUT2D eigenvalue weighted by Crippen LogP contribution is -2.35. The van der Waals surface area contributed by atoms with Gasteiger partial charge in [0, 0.05) is 12.6 Å². The molecular weight excluding hydrogens is 262 g/mol. The van der Waals surface area contributed by atoms with E-state index in [4.69, 9.17) is 4.74 Å². The summed E-state index contributed by atoms with van der Waals surface area (Å²) in [5, 5.41) is 13.9. The predicted octanol–water partition coefficient (Wildman–Crippen LogP) is 3.53. The normalized spacial score (nSPS) is 17.8. The molecule has 3 nitrogen and oxygen atoms in total. The van der Waals surface area contributed by atoms with Gasteiger partial charge in [-0.3, -0.25) is 0 Å². The molecule has 1 fully saturated rings. The smallest absolute Gasteiger partial charge is 0.118 e. The number of aliphatic hydroxyl groups excluding tert-OH is 1. The summed E-state index contributed by atoms with van der Waals surface area (Å²) in [4.78, 5) is 0. The van der Waals surface area contributed by atoms with E-state index in [-0.39, 0.29) is 6.10 Å². The molecule has 21 heavy (non-hydrogen) atoms. The van der Waals surface area contributed by atoms with Gasteiger partial charge >= 0.3 is 0 Å². The van der Waals surface area contributed by atoms with Gasteiger partial charge in [0.1, 0.15) is 5.75 Å². The lowest BCUT2D eigenvalue weighted by Gasteiger charge is -2.25. The van der Waals surface area contributed by atoms with Crippen LogP contribution in [-0.2, 0) is 0 Å². The first kappa shape index (κ1) is 16.3. The molecule has 0 aromatic heterocycles. The van der Waals surface area contributed by atoms with Crippen molar-refractivity contribution in [3.63, 3.8) is 0 Å². The van der Waals surface area contributed by atoms with Gasteiger partial charge in [0.05, 0.1) is 13.2 Å². The maximum Gasteiger partial charge on any atom is 0.118 e. The summed E-state index contributed by atoms with van der Waals surface area (Å²) in [5.41, 5.74) is 1.30. The van der Waals surface area contributed by atoms with Crippen LogP contribution >= 0.6 is 0 Å². The second-order valence-corrected chi connectivity index (χ2v) is 6.14. The Kier molecular flexibility index (Phi) is 6.07. The molecule has 1 aliphatic rings. The van der Waals surface area contributed by atoms with Gasteiger partial charge in [-0.15, -0.1) is 0 Å². The van der Waals surface area contributed by atoms with Crippen molar-refractivity contribution in [1.82, 2.24) is 5.32 Å². The molecule has 0 aliphatic heterocycles. The van der Waals surface area contributed by atoms with Crippen molar-refractivity contribution in [1.29, 1.82) is 0 Å². The summed E-state index contributed by atoms with van der Waals surface area (Å²) in [6.07, 6.45) is 4.39. The van der Waals surface area contributed by atoms with Gasteiger partial charge in [-0.2, -0.15) is 0 Å². The minimum Gasteiger partial charge on any atom is -0.497 e. The number of aliphatic hydroxyl groups is 1. The van der Waals surface area contributed by atoms with E-state index in [0.717, 1.165) is 18.6 Å². The predicted molar refractivity (Wildman–Crippen MR) is 86.5 cm³/mol. The Morgan fingerprint density at radius 1 is 1.19 bits per heavy atom. The number of benzene rings is 1. The molecule has 1 aromatic rings. The van der Waals surface area contributed by atoms with Crippen LogP contribution in [0.4, 0.5) is 0 Å². The van der Waals surface area contributed by atoms with Crippen molar-refractivity contribution < 1.29 is 9.84 Å². The highest BCUT2D eigenvalue weighted by Crippen LogP contribution is 2.41. The van der Waals surface area contributed by atoms with Crippen LogP contribution in [-0.4, -0.2) is 24.9 Å². The van der Waals surface area contributed by atoms with E-state index in [9.17, 15) is 5.11 Å². The van der Waals surface area contributed by atoms with Crippen LogP contribution in [0.5, 0.6) is 5.75 Å². The summed E-state index contributed by atoms with van der Waals surface area (Å²) in [6.45, 7) is 4.98. The molecule has 0 spiro atoms. The molecule has 2 rings (SSSR count). The molecule has 0 bridgehead atoms. The minimum atomic E-state index is -0.250. The van der Waals surface area contributed by atoms with Crippen LogP contribution in [0.3, 0.4) is 0 Å². The van der Waals surface area contributed by atoms with E-state index < -0.39 is 0 Å². The Morgan fingerprint density at radius 2 is 1.81 bits per heavy atom.